The molecule has 0 radical (unpaired) electrons. The summed E-state index contributed by atoms with van der Waals surface area (Å²) in [4.78, 5) is 11.8. The zero-order chi connectivity index (χ0) is 13.4. The molecule has 1 aromatic carbocycles. The average molecular weight is 250 g/mol. The first-order chi connectivity index (χ1) is 8.63. The highest BCUT2D eigenvalue weighted by Crippen LogP contribution is 2.12. The molecule has 0 aliphatic rings. The van der Waals surface area contributed by atoms with Crippen molar-refractivity contribution in [3.05, 3.63) is 34.9 Å². The molecule has 0 atom stereocenters. The second-order valence-corrected chi connectivity index (χ2v) is 4.50. The van der Waals surface area contributed by atoms with Gasteiger partial charge in [0.25, 0.3) is 0 Å². The minimum absolute atomic E-state index is 0.223. The standard InChI is InChI=1S/C15H22O3/c1-12-4-5-13(2)14(10-12)11-15(16)6-7-18-9-8-17-3/h4-5,10H,6-9,11H2,1-3H3. The van der Waals surface area contributed by atoms with Gasteiger partial charge in [0.2, 0.25) is 0 Å². The van der Waals surface area contributed by atoms with Gasteiger partial charge in [-0.25, -0.2) is 0 Å². The number of benzene rings is 1. The number of carbonyl (C=O) groups is 1. The van der Waals surface area contributed by atoms with Crippen LogP contribution in [0.5, 0.6) is 0 Å². The van der Waals surface area contributed by atoms with Gasteiger partial charge in [-0.1, -0.05) is 23.8 Å². The Balaban J connectivity index is 2.33. The molecule has 1 aromatic rings. The highest BCUT2D eigenvalue weighted by Gasteiger charge is 2.06. The lowest BCUT2D eigenvalue weighted by Crippen LogP contribution is -2.10. The summed E-state index contributed by atoms with van der Waals surface area (Å²) in [5, 5.41) is 0. The third-order valence-electron chi connectivity index (χ3n) is 2.85. The SMILES string of the molecule is COCCOCCC(=O)Cc1cc(C)ccc1C. The van der Waals surface area contributed by atoms with Gasteiger partial charge in [-0.2, -0.15) is 0 Å². The van der Waals surface area contributed by atoms with Crippen molar-refractivity contribution in [1.29, 1.82) is 0 Å². The largest absolute Gasteiger partial charge is 0.382 e. The highest BCUT2D eigenvalue weighted by atomic mass is 16.5. The lowest BCUT2D eigenvalue weighted by Gasteiger charge is -2.07. The van der Waals surface area contributed by atoms with E-state index in [1.165, 1.54) is 11.1 Å². The van der Waals surface area contributed by atoms with E-state index in [0.717, 1.165) is 5.56 Å². The fourth-order valence-electron chi connectivity index (χ4n) is 1.72. The molecule has 0 saturated carbocycles. The van der Waals surface area contributed by atoms with Crippen LogP contribution >= 0.6 is 0 Å². The first-order valence-corrected chi connectivity index (χ1v) is 6.28. The number of rotatable bonds is 8. The van der Waals surface area contributed by atoms with Crippen molar-refractivity contribution in [1.82, 2.24) is 0 Å². The van der Waals surface area contributed by atoms with Gasteiger partial charge < -0.3 is 9.47 Å². The van der Waals surface area contributed by atoms with E-state index in [2.05, 4.69) is 18.2 Å². The van der Waals surface area contributed by atoms with Crippen molar-refractivity contribution in [2.45, 2.75) is 26.7 Å². The van der Waals surface area contributed by atoms with Gasteiger partial charge in [0.1, 0.15) is 5.78 Å². The van der Waals surface area contributed by atoms with E-state index in [4.69, 9.17) is 9.47 Å². The first-order valence-electron chi connectivity index (χ1n) is 6.28. The highest BCUT2D eigenvalue weighted by molar-refractivity contribution is 5.81. The number of ketones is 1. The maximum Gasteiger partial charge on any atom is 0.139 e. The number of hydrogen-bond acceptors (Lipinski definition) is 3. The fraction of sp³-hybridized carbons (Fsp3) is 0.533. The Morgan fingerprint density at radius 3 is 2.67 bits per heavy atom. The van der Waals surface area contributed by atoms with Crippen LogP contribution in [0.1, 0.15) is 23.1 Å². The molecule has 0 aliphatic heterocycles. The normalized spacial score (nSPS) is 10.6. The molecule has 3 heteroatoms. The van der Waals surface area contributed by atoms with Crippen LogP contribution in [0.25, 0.3) is 0 Å². The van der Waals surface area contributed by atoms with E-state index in [0.29, 0.717) is 32.7 Å². The van der Waals surface area contributed by atoms with Crippen molar-refractivity contribution >= 4 is 5.78 Å². The summed E-state index contributed by atoms with van der Waals surface area (Å²) in [6.45, 7) is 5.68. The van der Waals surface area contributed by atoms with E-state index in [1.807, 2.05) is 13.8 Å². The Bertz CT molecular complexity index is 385. The molecule has 18 heavy (non-hydrogen) atoms. The van der Waals surface area contributed by atoms with Gasteiger partial charge in [0, 0.05) is 20.0 Å². The molecule has 0 amide bonds. The summed E-state index contributed by atoms with van der Waals surface area (Å²) >= 11 is 0. The third kappa shape index (κ3) is 5.43. The Hall–Kier alpha value is -1.19. The van der Waals surface area contributed by atoms with E-state index >= 15 is 0 Å². The molecule has 0 unspecified atom stereocenters. The minimum Gasteiger partial charge on any atom is -0.382 e. The van der Waals surface area contributed by atoms with Crippen LogP contribution in [0.4, 0.5) is 0 Å². The molecule has 0 saturated heterocycles. The van der Waals surface area contributed by atoms with Crippen LogP contribution in [0, 0.1) is 13.8 Å². The second-order valence-electron chi connectivity index (χ2n) is 4.50. The predicted octanol–water partition coefficient (Wildman–Crippen LogP) is 2.47. The number of Topliss-reactive ketones (excluding diaryl/α,β-unsaturated/α-hetero) is 1. The van der Waals surface area contributed by atoms with Gasteiger partial charge in [-0.15, -0.1) is 0 Å². The zero-order valence-corrected chi connectivity index (χ0v) is 11.5. The second kappa shape index (κ2) is 8.01. The molecular weight excluding hydrogens is 228 g/mol. The molecule has 0 spiro atoms. The summed E-state index contributed by atoms with van der Waals surface area (Å²) in [7, 11) is 1.63. The van der Waals surface area contributed by atoms with Gasteiger partial charge in [-0.05, 0) is 25.0 Å². The Kier molecular flexibility index (Phi) is 6.61. The summed E-state index contributed by atoms with van der Waals surface area (Å²) in [5.74, 6) is 0.223. The summed E-state index contributed by atoms with van der Waals surface area (Å²) in [6, 6.07) is 6.21. The number of ether oxygens (including phenoxy) is 2. The number of methoxy groups -OCH3 is 1. The Morgan fingerprint density at radius 1 is 1.17 bits per heavy atom. The van der Waals surface area contributed by atoms with Crippen molar-refractivity contribution < 1.29 is 14.3 Å². The smallest absolute Gasteiger partial charge is 0.139 e. The number of carbonyl (C=O) groups excluding carboxylic acids is 1. The van der Waals surface area contributed by atoms with Crippen LogP contribution < -0.4 is 0 Å². The summed E-state index contributed by atoms with van der Waals surface area (Å²) in [6.07, 6.45) is 0.970. The number of aryl methyl sites for hydroxylation is 2. The molecule has 0 N–H and O–H groups in total. The molecule has 0 aromatic heterocycles. The summed E-state index contributed by atoms with van der Waals surface area (Å²) < 4.78 is 10.2. The minimum atomic E-state index is 0.223. The van der Waals surface area contributed by atoms with Crippen LogP contribution in [0.3, 0.4) is 0 Å². The van der Waals surface area contributed by atoms with E-state index in [9.17, 15) is 4.79 Å². The lowest BCUT2D eigenvalue weighted by molar-refractivity contribution is -0.119. The van der Waals surface area contributed by atoms with Crippen molar-refractivity contribution in [3.8, 4) is 0 Å². The van der Waals surface area contributed by atoms with Gasteiger partial charge in [0.05, 0.1) is 19.8 Å². The molecule has 0 fully saturated rings. The van der Waals surface area contributed by atoms with Gasteiger partial charge in [0.15, 0.2) is 0 Å². The maximum absolute atomic E-state index is 11.8. The Labute approximate surface area is 109 Å². The monoisotopic (exact) mass is 250 g/mol. The number of hydrogen-bond donors (Lipinski definition) is 0. The molecule has 1 rings (SSSR count). The Morgan fingerprint density at radius 2 is 1.94 bits per heavy atom. The molecule has 3 nitrogen and oxygen atoms in total. The molecule has 100 valence electrons. The molecular formula is C15H22O3. The predicted molar refractivity (Wildman–Crippen MR) is 71.9 cm³/mol. The molecule has 0 heterocycles. The maximum atomic E-state index is 11.8. The van der Waals surface area contributed by atoms with Crippen molar-refractivity contribution in [2.24, 2.45) is 0 Å². The fourth-order valence-corrected chi connectivity index (χ4v) is 1.72. The topological polar surface area (TPSA) is 35.5 Å². The van der Waals surface area contributed by atoms with E-state index in [1.54, 1.807) is 7.11 Å². The van der Waals surface area contributed by atoms with Crippen LogP contribution in [-0.2, 0) is 20.7 Å². The van der Waals surface area contributed by atoms with Gasteiger partial charge in [-0.3, -0.25) is 4.79 Å². The summed E-state index contributed by atoms with van der Waals surface area (Å²) in [5.41, 5.74) is 3.49. The van der Waals surface area contributed by atoms with Crippen LogP contribution in [-0.4, -0.2) is 32.7 Å². The molecule has 0 aliphatic carbocycles. The average Bonchev–Trinajstić information content (AvgIpc) is 2.33. The van der Waals surface area contributed by atoms with Crippen LogP contribution in [0.2, 0.25) is 0 Å². The third-order valence-corrected chi connectivity index (χ3v) is 2.85. The van der Waals surface area contributed by atoms with Gasteiger partial charge >= 0.3 is 0 Å². The zero-order valence-electron chi connectivity index (χ0n) is 11.5. The lowest BCUT2D eigenvalue weighted by atomic mass is 10.00. The molecule has 0 bridgehead atoms. The van der Waals surface area contributed by atoms with E-state index in [-0.39, 0.29) is 5.78 Å². The first kappa shape index (κ1) is 14.9. The quantitative estimate of drug-likeness (QED) is 0.665. The van der Waals surface area contributed by atoms with E-state index < -0.39 is 0 Å². The van der Waals surface area contributed by atoms with Crippen LogP contribution in [0.15, 0.2) is 18.2 Å². The van der Waals surface area contributed by atoms with Crippen molar-refractivity contribution in [3.63, 3.8) is 0 Å². The van der Waals surface area contributed by atoms with Crippen molar-refractivity contribution in [2.75, 3.05) is 26.9 Å².